The summed E-state index contributed by atoms with van der Waals surface area (Å²) in [6.45, 7) is 9.58. The number of nitrogens with zero attached hydrogens (tertiary/aromatic N) is 1. The number of likely N-dealkylation sites (tertiary alicyclic amines) is 1. The zero-order valence-electron chi connectivity index (χ0n) is 16.2. The molecule has 2 N–H and O–H groups in total. The van der Waals surface area contributed by atoms with Gasteiger partial charge in [0, 0.05) is 25.2 Å². The second kappa shape index (κ2) is 8.39. The van der Waals surface area contributed by atoms with E-state index in [0.29, 0.717) is 19.6 Å². The number of rotatable bonds is 5. The van der Waals surface area contributed by atoms with Gasteiger partial charge in [0.2, 0.25) is 10.0 Å². The van der Waals surface area contributed by atoms with Crippen molar-refractivity contribution in [2.45, 2.75) is 51.8 Å². The normalized spacial score (nSPS) is 16.5. The third-order valence-corrected chi connectivity index (χ3v) is 5.73. The molecule has 7 heteroatoms. The average Bonchev–Trinajstić information content (AvgIpc) is 2.51. The van der Waals surface area contributed by atoms with Gasteiger partial charge in [0.1, 0.15) is 0 Å². The second-order valence-corrected chi connectivity index (χ2v) is 10.0. The lowest BCUT2D eigenvalue weighted by molar-refractivity contribution is 0.163. The number of aryl methyl sites for hydroxylation is 1. The lowest BCUT2D eigenvalue weighted by Gasteiger charge is -2.34. The molecule has 0 spiro atoms. The van der Waals surface area contributed by atoms with Crippen molar-refractivity contribution in [3.8, 4) is 0 Å². The van der Waals surface area contributed by atoms with Gasteiger partial charge in [-0.05, 0) is 52.0 Å². The summed E-state index contributed by atoms with van der Waals surface area (Å²) >= 11 is 0. The molecule has 1 saturated heterocycles. The summed E-state index contributed by atoms with van der Waals surface area (Å²) in [5.41, 5.74) is 1.60. The minimum Gasteiger partial charge on any atom is -0.333 e. The van der Waals surface area contributed by atoms with Crippen LogP contribution >= 0.6 is 0 Å². The molecule has 1 aromatic rings. The average molecular weight is 382 g/mol. The van der Waals surface area contributed by atoms with Crippen LogP contribution in [0, 0.1) is 12.8 Å². The molecule has 2 amide bonds. The molecule has 0 aromatic heterocycles. The van der Waals surface area contributed by atoms with Gasteiger partial charge in [-0.3, -0.25) is 0 Å². The van der Waals surface area contributed by atoms with Crippen molar-refractivity contribution in [1.82, 2.24) is 14.9 Å². The van der Waals surface area contributed by atoms with E-state index in [1.807, 2.05) is 56.9 Å². The van der Waals surface area contributed by atoms with E-state index in [2.05, 4.69) is 10.0 Å². The number of carbonyl (C=O) groups is 1. The summed E-state index contributed by atoms with van der Waals surface area (Å²) in [4.78, 5) is 14.0. The maximum absolute atomic E-state index is 12.3. The van der Waals surface area contributed by atoms with E-state index in [1.54, 1.807) is 0 Å². The summed E-state index contributed by atoms with van der Waals surface area (Å²) in [5, 5.41) is 2.97. The van der Waals surface area contributed by atoms with Crippen LogP contribution in [0.4, 0.5) is 4.79 Å². The number of hydrogen-bond acceptors (Lipinski definition) is 3. The van der Waals surface area contributed by atoms with Crippen molar-refractivity contribution < 1.29 is 13.2 Å². The number of piperidine rings is 1. The van der Waals surface area contributed by atoms with Crippen molar-refractivity contribution in [3.63, 3.8) is 0 Å². The van der Waals surface area contributed by atoms with Crippen molar-refractivity contribution in [1.29, 1.82) is 0 Å². The first-order chi connectivity index (χ1) is 12.0. The molecule has 0 saturated carbocycles. The highest BCUT2D eigenvalue weighted by atomic mass is 32.2. The predicted octanol–water partition coefficient (Wildman–Crippen LogP) is 2.63. The first-order valence-electron chi connectivity index (χ1n) is 9.14. The molecule has 1 fully saturated rings. The molecule has 26 heavy (non-hydrogen) atoms. The molecule has 146 valence electrons. The number of sulfonamides is 1. The molecule has 0 unspecified atom stereocenters. The van der Waals surface area contributed by atoms with E-state index in [1.165, 1.54) is 0 Å². The van der Waals surface area contributed by atoms with E-state index in [0.717, 1.165) is 24.0 Å². The second-order valence-electron chi connectivity index (χ2n) is 8.21. The van der Waals surface area contributed by atoms with Crippen LogP contribution < -0.4 is 10.0 Å². The fraction of sp³-hybridized carbons (Fsp3) is 0.632. The van der Waals surface area contributed by atoms with Crippen molar-refractivity contribution in [2.75, 3.05) is 19.6 Å². The Morgan fingerprint density at radius 2 is 1.88 bits per heavy atom. The van der Waals surface area contributed by atoms with Crippen LogP contribution in [-0.2, 0) is 15.8 Å². The minimum absolute atomic E-state index is 0.00150. The minimum atomic E-state index is -3.35. The van der Waals surface area contributed by atoms with E-state index in [4.69, 9.17) is 0 Å². The first-order valence-corrected chi connectivity index (χ1v) is 10.8. The third kappa shape index (κ3) is 6.96. The van der Waals surface area contributed by atoms with Crippen molar-refractivity contribution in [3.05, 3.63) is 35.4 Å². The number of amides is 2. The molecular weight excluding hydrogens is 350 g/mol. The molecule has 0 radical (unpaired) electrons. The van der Waals surface area contributed by atoms with Gasteiger partial charge in [0.25, 0.3) is 0 Å². The van der Waals surface area contributed by atoms with Crippen LogP contribution in [0.15, 0.2) is 24.3 Å². The van der Waals surface area contributed by atoms with Crippen LogP contribution in [0.3, 0.4) is 0 Å². The number of urea groups is 1. The smallest absolute Gasteiger partial charge is 0.317 e. The number of carbonyl (C=O) groups excluding carboxylic acids is 1. The third-order valence-electron chi connectivity index (χ3n) is 4.41. The monoisotopic (exact) mass is 381 g/mol. The Balaban J connectivity index is 1.78. The summed E-state index contributed by atoms with van der Waals surface area (Å²) in [5.74, 6) is 0.266. The lowest BCUT2D eigenvalue weighted by atomic mass is 9.97. The zero-order valence-corrected chi connectivity index (χ0v) is 17.0. The topological polar surface area (TPSA) is 78.5 Å². The molecule has 0 atom stereocenters. The molecule has 0 bridgehead atoms. The SMILES string of the molecule is Cc1cccc(CS(=O)(=O)NCC2CCN(C(=O)NC(C)(C)C)CC2)c1. The Bertz CT molecular complexity index is 718. The highest BCUT2D eigenvalue weighted by Gasteiger charge is 2.26. The summed E-state index contributed by atoms with van der Waals surface area (Å²) in [7, 11) is -3.35. The van der Waals surface area contributed by atoms with E-state index in [9.17, 15) is 13.2 Å². The maximum Gasteiger partial charge on any atom is 0.317 e. The molecule has 1 heterocycles. The van der Waals surface area contributed by atoms with Crippen LogP contribution in [0.25, 0.3) is 0 Å². The van der Waals surface area contributed by atoms with Gasteiger partial charge in [-0.25, -0.2) is 17.9 Å². The molecule has 1 aliphatic rings. The fourth-order valence-corrected chi connectivity index (χ4v) is 4.27. The number of hydrogen-bond donors (Lipinski definition) is 2. The lowest BCUT2D eigenvalue weighted by Crippen LogP contribution is -2.51. The van der Waals surface area contributed by atoms with Gasteiger partial charge < -0.3 is 10.2 Å². The maximum atomic E-state index is 12.3. The Hall–Kier alpha value is -1.60. The fourth-order valence-electron chi connectivity index (χ4n) is 3.06. The van der Waals surface area contributed by atoms with Gasteiger partial charge in [0.05, 0.1) is 5.75 Å². The Morgan fingerprint density at radius 3 is 2.46 bits per heavy atom. The standard InChI is InChI=1S/C19H31N3O3S/c1-15-6-5-7-17(12-15)14-26(24,25)20-13-16-8-10-22(11-9-16)18(23)21-19(2,3)4/h5-7,12,16,20H,8-11,13-14H2,1-4H3,(H,21,23). The van der Waals surface area contributed by atoms with Gasteiger partial charge in [-0.1, -0.05) is 29.8 Å². The van der Waals surface area contributed by atoms with E-state index >= 15 is 0 Å². The van der Waals surface area contributed by atoms with Crippen LogP contribution in [0.5, 0.6) is 0 Å². The van der Waals surface area contributed by atoms with Gasteiger partial charge in [0.15, 0.2) is 0 Å². The van der Waals surface area contributed by atoms with Gasteiger partial charge >= 0.3 is 6.03 Å². The molecule has 6 nitrogen and oxygen atoms in total. The number of nitrogens with one attached hydrogen (secondary N) is 2. The van der Waals surface area contributed by atoms with Crippen LogP contribution in [-0.4, -0.2) is 44.5 Å². The zero-order chi connectivity index (χ0) is 19.4. The first kappa shape index (κ1) is 20.7. The highest BCUT2D eigenvalue weighted by Crippen LogP contribution is 2.18. The van der Waals surface area contributed by atoms with Crippen molar-refractivity contribution in [2.24, 2.45) is 5.92 Å². The van der Waals surface area contributed by atoms with Gasteiger partial charge in [-0.15, -0.1) is 0 Å². The van der Waals surface area contributed by atoms with E-state index in [-0.39, 0.29) is 23.2 Å². The Kier molecular flexibility index (Phi) is 6.69. The van der Waals surface area contributed by atoms with Gasteiger partial charge in [-0.2, -0.15) is 0 Å². The van der Waals surface area contributed by atoms with Crippen molar-refractivity contribution >= 4 is 16.1 Å². The summed E-state index contributed by atoms with van der Waals surface area (Å²) in [6, 6.07) is 7.51. The molecule has 2 rings (SSSR count). The highest BCUT2D eigenvalue weighted by molar-refractivity contribution is 7.88. The number of benzene rings is 1. The Labute approximate surface area is 157 Å². The van der Waals surface area contributed by atoms with Crippen LogP contribution in [0.2, 0.25) is 0 Å². The molecule has 0 aliphatic carbocycles. The van der Waals surface area contributed by atoms with Crippen LogP contribution in [0.1, 0.15) is 44.7 Å². The summed E-state index contributed by atoms with van der Waals surface area (Å²) < 4.78 is 27.3. The molecule has 1 aliphatic heterocycles. The van der Waals surface area contributed by atoms with E-state index < -0.39 is 10.0 Å². The Morgan fingerprint density at radius 1 is 1.23 bits per heavy atom. The summed E-state index contributed by atoms with van der Waals surface area (Å²) in [6.07, 6.45) is 1.62. The quantitative estimate of drug-likeness (QED) is 0.823. The molecule has 1 aromatic carbocycles. The predicted molar refractivity (Wildman–Crippen MR) is 104 cm³/mol. The largest absolute Gasteiger partial charge is 0.333 e. The molecular formula is C19H31N3O3S.